The molecule has 0 unspecified atom stereocenters. The Morgan fingerprint density at radius 1 is 0.707 bits per heavy atom. The summed E-state index contributed by atoms with van der Waals surface area (Å²) in [5.74, 6) is 0.396. The number of nitrogens with zero attached hydrogens (tertiary/aromatic N) is 7. The van der Waals surface area contributed by atoms with Crippen LogP contribution in [0.1, 0.15) is 38.5 Å². The third-order valence-electron chi connectivity index (χ3n) is 6.50. The van der Waals surface area contributed by atoms with Crippen LogP contribution in [0, 0.1) is 0 Å². The Morgan fingerprint density at radius 2 is 1.12 bits per heavy atom. The number of rotatable bonds is 8. The molecule has 224 valence electrons. The maximum absolute atomic E-state index is 11.4. The molecule has 0 aromatic carbocycles. The summed E-state index contributed by atoms with van der Waals surface area (Å²) in [6.07, 6.45) is 12.9. The molecule has 5 rings (SSSR count). The van der Waals surface area contributed by atoms with Gasteiger partial charge < -0.3 is 29.3 Å². The normalized spacial score (nSPS) is 16.3. The molecule has 2 aromatic rings. The molecule has 0 atom stereocenters. The van der Waals surface area contributed by atoms with Crippen molar-refractivity contribution in [2.24, 2.45) is 0 Å². The fourth-order valence-electron chi connectivity index (χ4n) is 4.34. The average Bonchev–Trinajstić information content (AvgIpc) is 3.80. The van der Waals surface area contributed by atoms with Crippen LogP contribution in [-0.4, -0.2) is 128 Å². The maximum atomic E-state index is 11.4. The highest BCUT2D eigenvalue weighted by Gasteiger charge is 2.21. The van der Waals surface area contributed by atoms with Crippen molar-refractivity contribution in [3.05, 3.63) is 37.4 Å². The van der Waals surface area contributed by atoms with E-state index in [9.17, 15) is 24.0 Å². The van der Waals surface area contributed by atoms with Gasteiger partial charge in [-0.3, -0.25) is 23.5 Å². The molecule has 3 saturated heterocycles. The molecule has 15 nitrogen and oxygen atoms in total. The smallest absolute Gasteiger partial charge is 0.432 e. The number of ether oxygens (including phenoxy) is 2. The molecule has 3 fully saturated rings. The van der Waals surface area contributed by atoms with E-state index in [2.05, 4.69) is 9.97 Å². The van der Waals surface area contributed by atoms with Crippen LogP contribution < -0.4 is 0 Å². The van der Waals surface area contributed by atoms with Crippen molar-refractivity contribution in [3.8, 4) is 0 Å². The highest BCUT2D eigenvalue weighted by Crippen LogP contribution is 2.10. The van der Waals surface area contributed by atoms with Crippen molar-refractivity contribution >= 4 is 29.9 Å². The van der Waals surface area contributed by atoms with E-state index >= 15 is 0 Å². The number of aromatic nitrogens is 4. The molecule has 3 aliphatic heterocycles. The highest BCUT2D eigenvalue weighted by atomic mass is 16.7. The monoisotopic (exact) mass is 575 g/mol. The van der Waals surface area contributed by atoms with Gasteiger partial charge >= 0.3 is 12.2 Å². The number of carbonyl (C=O) groups excluding carboxylic acids is 5. The van der Waals surface area contributed by atoms with E-state index in [1.54, 1.807) is 39.5 Å². The number of hydrogen-bond donors (Lipinski definition) is 1. The molecule has 0 spiro atoms. The quantitative estimate of drug-likeness (QED) is 0.439. The second-order valence-corrected chi connectivity index (χ2v) is 9.35. The van der Waals surface area contributed by atoms with Crippen LogP contribution in [0.15, 0.2) is 37.4 Å². The van der Waals surface area contributed by atoms with Gasteiger partial charge in [0.15, 0.2) is 0 Å². The summed E-state index contributed by atoms with van der Waals surface area (Å²) in [4.78, 5) is 68.7. The first-order valence-corrected chi connectivity index (χ1v) is 13.6. The van der Waals surface area contributed by atoms with Crippen LogP contribution in [0.2, 0.25) is 0 Å². The molecule has 0 bridgehead atoms. The van der Waals surface area contributed by atoms with Gasteiger partial charge in [0.05, 0.1) is 19.7 Å². The number of aliphatic hydroxyl groups is 1. The first kappa shape index (κ1) is 31.3. The second kappa shape index (κ2) is 16.7. The lowest BCUT2D eigenvalue weighted by Gasteiger charge is -2.16. The van der Waals surface area contributed by atoms with E-state index in [1.807, 2.05) is 0 Å². The number of likely N-dealkylation sites (tertiary alicyclic amines) is 3. The Hall–Kier alpha value is -4.27. The largest absolute Gasteiger partial charge is 0.508 e. The van der Waals surface area contributed by atoms with Crippen LogP contribution >= 0.6 is 0 Å². The van der Waals surface area contributed by atoms with Crippen molar-refractivity contribution in [1.29, 1.82) is 0 Å². The molecule has 0 radical (unpaired) electrons. The van der Waals surface area contributed by atoms with Gasteiger partial charge in [-0.25, -0.2) is 19.6 Å². The number of carbonyl (C=O) groups is 5. The van der Waals surface area contributed by atoms with Gasteiger partial charge in [0.25, 0.3) is 0 Å². The number of β-amino-alcohol motifs (C(OH)–C–C–N with tert-alkyl or cyclic N) is 1. The zero-order valence-electron chi connectivity index (χ0n) is 23.0. The number of aliphatic hydroxyl groups excluding tert-OH is 1. The minimum Gasteiger partial charge on any atom is -0.432 e. The van der Waals surface area contributed by atoms with Gasteiger partial charge in [0.2, 0.25) is 17.7 Å². The van der Waals surface area contributed by atoms with Crippen LogP contribution in [0.3, 0.4) is 0 Å². The molecular formula is C26H37N7O8. The van der Waals surface area contributed by atoms with Gasteiger partial charge in [0.1, 0.15) is 25.9 Å². The fourth-order valence-corrected chi connectivity index (χ4v) is 4.34. The lowest BCUT2D eigenvalue weighted by Crippen LogP contribution is -2.31. The number of hydrogen-bond acceptors (Lipinski definition) is 10. The third-order valence-corrected chi connectivity index (χ3v) is 6.50. The molecule has 3 amide bonds. The van der Waals surface area contributed by atoms with Crippen molar-refractivity contribution < 1.29 is 38.6 Å². The lowest BCUT2D eigenvalue weighted by molar-refractivity contribution is -0.129. The molecule has 3 aliphatic rings. The van der Waals surface area contributed by atoms with Gasteiger partial charge in [-0.1, -0.05) is 0 Å². The van der Waals surface area contributed by atoms with Crippen LogP contribution in [0.25, 0.3) is 0 Å². The lowest BCUT2D eigenvalue weighted by atomic mass is 10.4. The summed E-state index contributed by atoms with van der Waals surface area (Å²) < 4.78 is 12.5. The second-order valence-electron chi connectivity index (χ2n) is 9.35. The van der Waals surface area contributed by atoms with Crippen molar-refractivity contribution in [2.45, 2.75) is 38.5 Å². The van der Waals surface area contributed by atoms with Gasteiger partial charge in [0, 0.05) is 70.2 Å². The van der Waals surface area contributed by atoms with E-state index in [4.69, 9.17) is 14.6 Å². The number of amides is 3. The zero-order valence-corrected chi connectivity index (χ0v) is 23.0. The summed E-state index contributed by atoms with van der Waals surface area (Å²) in [5, 5.41) is 8.45. The summed E-state index contributed by atoms with van der Waals surface area (Å²) >= 11 is 0. The average molecular weight is 576 g/mol. The molecular weight excluding hydrogens is 538 g/mol. The molecule has 1 N–H and O–H groups in total. The summed E-state index contributed by atoms with van der Waals surface area (Å²) in [7, 11) is 0. The van der Waals surface area contributed by atoms with E-state index in [0.717, 1.165) is 38.9 Å². The van der Waals surface area contributed by atoms with Crippen LogP contribution in [0.5, 0.6) is 0 Å². The molecule has 2 aromatic heterocycles. The van der Waals surface area contributed by atoms with Crippen molar-refractivity contribution in [2.75, 3.05) is 59.1 Å². The zero-order chi connectivity index (χ0) is 29.5. The number of imidazole rings is 2. The van der Waals surface area contributed by atoms with Gasteiger partial charge in [-0.05, 0) is 19.3 Å². The Labute approximate surface area is 237 Å². The standard InChI is InChI=1S/C13H20N2O5.C7H6N4O.C6H11NO2/c16-11-3-1-5-14(11)7-9-19-13(18)20-10-8-15-6-2-4-12(15)17;12-7(10-3-1-8-5-10)11-4-2-9-6-11;8-5-4-7-3-1-2-6(7)9/h1-10H2;1-6H;8H,1-5H2. The molecule has 15 heteroatoms. The fraction of sp³-hybridized carbons (Fsp3) is 0.577. The van der Waals surface area contributed by atoms with Gasteiger partial charge in [-0.15, -0.1) is 0 Å². The predicted octanol–water partition coefficient (Wildman–Crippen LogP) is 0.582. The third kappa shape index (κ3) is 10.3. The Bertz CT molecular complexity index is 1050. The molecule has 0 saturated carbocycles. The van der Waals surface area contributed by atoms with Crippen molar-refractivity contribution in [3.63, 3.8) is 0 Å². The van der Waals surface area contributed by atoms with Gasteiger partial charge in [-0.2, -0.15) is 0 Å². The van der Waals surface area contributed by atoms with E-state index in [0.29, 0.717) is 38.9 Å². The predicted molar refractivity (Wildman–Crippen MR) is 142 cm³/mol. The topological polar surface area (TPSA) is 169 Å². The first-order valence-electron chi connectivity index (χ1n) is 13.6. The Balaban J connectivity index is 0.000000186. The Morgan fingerprint density at radius 3 is 1.44 bits per heavy atom. The minimum absolute atomic E-state index is 0.0890. The van der Waals surface area contributed by atoms with E-state index in [-0.39, 0.29) is 43.6 Å². The van der Waals surface area contributed by atoms with E-state index < -0.39 is 6.16 Å². The van der Waals surface area contributed by atoms with Crippen LogP contribution in [-0.2, 0) is 23.9 Å². The molecule has 5 heterocycles. The summed E-state index contributed by atoms with van der Waals surface area (Å²) in [5.41, 5.74) is 0. The SMILES string of the molecule is O=C(OCCN1CCCC1=O)OCCN1CCCC1=O.O=C(n1ccnc1)n1ccnc1.O=C1CCCN1CCO. The maximum Gasteiger partial charge on any atom is 0.508 e. The first-order chi connectivity index (χ1) is 19.9. The minimum atomic E-state index is -0.747. The summed E-state index contributed by atoms with van der Waals surface area (Å²) in [6.45, 7) is 4.02. The summed E-state index contributed by atoms with van der Waals surface area (Å²) in [6, 6.07) is -0.190. The van der Waals surface area contributed by atoms with Crippen LogP contribution in [0.4, 0.5) is 9.59 Å². The molecule has 41 heavy (non-hydrogen) atoms. The highest BCUT2D eigenvalue weighted by molar-refractivity contribution is 5.79. The van der Waals surface area contributed by atoms with Crippen molar-refractivity contribution in [1.82, 2.24) is 33.8 Å². The molecule has 0 aliphatic carbocycles. The van der Waals surface area contributed by atoms with E-state index in [1.165, 1.54) is 21.8 Å². The Kier molecular flexibility index (Phi) is 12.8.